The monoisotopic (exact) mass is 233 g/mol. The van der Waals surface area contributed by atoms with Gasteiger partial charge in [-0.2, -0.15) is 10.4 Å². The fourth-order valence-electron chi connectivity index (χ4n) is 1.76. The molecule has 3 N–H and O–H groups in total. The van der Waals surface area contributed by atoms with Crippen LogP contribution >= 0.6 is 0 Å². The number of aromatic amines is 1. The van der Waals surface area contributed by atoms with E-state index in [0.29, 0.717) is 18.8 Å². The molecule has 0 atom stereocenters. The molecule has 0 radical (unpaired) electrons. The first-order chi connectivity index (χ1) is 8.34. The fourth-order valence-corrected chi connectivity index (χ4v) is 1.76. The summed E-state index contributed by atoms with van der Waals surface area (Å²) < 4.78 is 0. The number of para-hydroxylation sites is 2. The number of rotatable bonds is 3. The zero-order valence-corrected chi connectivity index (χ0v) is 8.91. The third kappa shape index (κ3) is 1.79. The summed E-state index contributed by atoms with van der Waals surface area (Å²) in [7, 11) is 0. The highest BCUT2D eigenvalue weighted by Crippen LogP contribution is 2.31. The Hall–Kier alpha value is -2.19. The highest BCUT2D eigenvalue weighted by atomic mass is 16.6. The molecule has 3 rings (SSSR count). The summed E-state index contributed by atoms with van der Waals surface area (Å²) in [5, 5.41) is 26.1. The number of benzene rings is 1. The lowest BCUT2D eigenvalue weighted by atomic mass is 10.2. The van der Waals surface area contributed by atoms with Gasteiger partial charge in [0.25, 0.3) is 0 Å². The van der Waals surface area contributed by atoms with Gasteiger partial charge in [-0.05, 0) is 12.1 Å². The molecular weight excluding hydrogens is 222 g/mol. The number of hydrazine groups is 2. The smallest absolute Gasteiger partial charge is 0.176 e. The molecule has 8 heteroatoms. The Bertz CT molecular complexity index is 500. The second kappa shape index (κ2) is 4.00. The van der Waals surface area contributed by atoms with Crippen molar-refractivity contribution in [2.75, 3.05) is 16.7 Å². The lowest BCUT2D eigenvalue weighted by Gasteiger charge is -2.17. The summed E-state index contributed by atoms with van der Waals surface area (Å²) >= 11 is 0. The number of H-pyrrole nitrogens is 1. The van der Waals surface area contributed by atoms with E-state index in [1.807, 2.05) is 29.3 Å². The van der Waals surface area contributed by atoms with E-state index >= 15 is 0 Å². The van der Waals surface area contributed by atoms with E-state index in [9.17, 15) is 5.21 Å². The topological polar surface area (TPSA) is 93.2 Å². The van der Waals surface area contributed by atoms with Crippen LogP contribution in [0.1, 0.15) is 5.82 Å². The molecule has 1 aliphatic rings. The number of anilines is 2. The third-order valence-electron chi connectivity index (χ3n) is 2.56. The molecule has 0 unspecified atom stereocenters. The quantitative estimate of drug-likeness (QED) is 0.680. The summed E-state index contributed by atoms with van der Waals surface area (Å²) in [4.78, 5) is 0. The highest BCUT2D eigenvalue weighted by Gasteiger charge is 2.23. The fraction of sp³-hybridized carbons (Fsp3) is 0.222. The lowest BCUT2D eigenvalue weighted by Crippen LogP contribution is -2.43. The number of fused-ring (bicyclic) bond motifs is 1. The molecule has 0 saturated carbocycles. The molecule has 17 heavy (non-hydrogen) atoms. The third-order valence-corrected chi connectivity index (χ3v) is 2.56. The van der Waals surface area contributed by atoms with Crippen LogP contribution in [0.2, 0.25) is 0 Å². The summed E-state index contributed by atoms with van der Waals surface area (Å²) in [6, 6.07) is 7.54. The first kappa shape index (κ1) is 10.00. The van der Waals surface area contributed by atoms with Gasteiger partial charge in [-0.3, -0.25) is 10.2 Å². The molecule has 2 heterocycles. The second-order valence-corrected chi connectivity index (χ2v) is 3.63. The maximum atomic E-state index is 9.64. The molecule has 88 valence electrons. The van der Waals surface area contributed by atoms with Crippen molar-refractivity contribution in [3.63, 3.8) is 0 Å². The van der Waals surface area contributed by atoms with Crippen LogP contribution in [0.25, 0.3) is 0 Å². The van der Waals surface area contributed by atoms with E-state index in [1.165, 1.54) is 0 Å². The summed E-state index contributed by atoms with van der Waals surface area (Å²) in [5.74, 6) is 0.640. The van der Waals surface area contributed by atoms with Gasteiger partial charge in [0, 0.05) is 13.0 Å². The molecular formula is C9H11N7O. The summed E-state index contributed by atoms with van der Waals surface area (Å²) in [6.07, 6.45) is 0.631. The molecule has 0 aliphatic carbocycles. The van der Waals surface area contributed by atoms with Crippen LogP contribution < -0.4 is 15.7 Å². The highest BCUT2D eigenvalue weighted by molar-refractivity contribution is 5.72. The minimum Gasteiger partial charge on any atom is -0.286 e. The predicted octanol–water partition coefficient (Wildman–Crippen LogP) is -0.122. The molecule has 1 aromatic heterocycles. The SMILES string of the molecule is ON1NN(CCc2nn[nH]n2)c2ccccc21. The van der Waals surface area contributed by atoms with Crippen molar-refractivity contribution in [3.05, 3.63) is 30.1 Å². The van der Waals surface area contributed by atoms with E-state index in [2.05, 4.69) is 26.2 Å². The summed E-state index contributed by atoms with van der Waals surface area (Å²) in [6.45, 7) is 0.633. The van der Waals surface area contributed by atoms with Crippen LogP contribution in [0.3, 0.4) is 0 Å². The number of nitrogens with zero attached hydrogens (tertiary/aromatic N) is 5. The molecule has 0 amide bonds. The van der Waals surface area contributed by atoms with Gasteiger partial charge in [-0.15, -0.1) is 15.7 Å². The predicted molar refractivity (Wildman–Crippen MR) is 59.1 cm³/mol. The molecule has 0 fully saturated rings. The zero-order valence-electron chi connectivity index (χ0n) is 8.91. The maximum absolute atomic E-state index is 9.64. The van der Waals surface area contributed by atoms with Crippen molar-refractivity contribution >= 4 is 11.4 Å². The van der Waals surface area contributed by atoms with Crippen LogP contribution in [0.15, 0.2) is 24.3 Å². The molecule has 0 spiro atoms. The van der Waals surface area contributed by atoms with Gasteiger partial charge < -0.3 is 0 Å². The van der Waals surface area contributed by atoms with Crippen molar-refractivity contribution < 1.29 is 5.21 Å². The number of aromatic nitrogens is 4. The maximum Gasteiger partial charge on any atom is 0.176 e. The van der Waals surface area contributed by atoms with Gasteiger partial charge in [0.15, 0.2) is 5.82 Å². The average molecular weight is 233 g/mol. The number of nitrogens with one attached hydrogen (secondary N) is 2. The van der Waals surface area contributed by atoms with Crippen LogP contribution in [-0.4, -0.2) is 32.4 Å². The number of hydrogen-bond donors (Lipinski definition) is 3. The Morgan fingerprint density at radius 2 is 2.06 bits per heavy atom. The van der Waals surface area contributed by atoms with E-state index in [4.69, 9.17) is 0 Å². The van der Waals surface area contributed by atoms with Crippen LogP contribution in [0, 0.1) is 0 Å². The second-order valence-electron chi connectivity index (χ2n) is 3.63. The van der Waals surface area contributed by atoms with Gasteiger partial charge >= 0.3 is 0 Å². The molecule has 1 aliphatic heterocycles. The Balaban J connectivity index is 1.73. The van der Waals surface area contributed by atoms with Crippen LogP contribution in [-0.2, 0) is 6.42 Å². The van der Waals surface area contributed by atoms with Crippen molar-refractivity contribution in [1.82, 2.24) is 26.2 Å². The average Bonchev–Trinajstić information content (AvgIpc) is 2.96. The number of hydrogen-bond acceptors (Lipinski definition) is 7. The molecule has 0 bridgehead atoms. The normalized spacial score (nSPS) is 14.2. The lowest BCUT2D eigenvalue weighted by molar-refractivity contribution is 0.218. The minimum absolute atomic E-state index is 0.631. The van der Waals surface area contributed by atoms with Crippen molar-refractivity contribution in [2.24, 2.45) is 0 Å². The molecule has 2 aromatic rings. The minimum atomic E-state index is 0.631. The van der Waals surface area contributed by atoms with Gasteiger partial charge in [-0.1, -0.05) is 17.3 Å². The van der Waals surface area contributed by atoms with E-state index < -0.39 is 0 Å². The first-order valence-corrected chi connectivity index (χ1v) is 5.19. The Kier molecular flexibility index (Phi) is 2.35. The largest absolute Gasteiger partial charge is 0.286 e. The molecule has 0 saturated heterocycles. The van der Waals surface area contributed by atoms with Crippen molar-refractivity contribution in [3.8, 4) is 0 Å². The zero-order chi connectivity index (χ0) is 11.7. The van der Waals surface area contributed by atoms with Crippen LogP contribution in [0.4, 0.5) is 11.4 Å². The standard InChI is InChI=1S/C9H11N7O/c17-16-8-4-2-1-3-7(8)15(14-16)6-5-9-10-12-13-11-9/h1-4,14,17H,5-6H2,(H,10,11,12,13). The summed E-state index contributed by atoms with van der Waals surface area (Å²) in [5.41, 5.74) is 4.46. The number of tetrazole rings is 1. The Morgan fingerprint density at radius 3 is 2.82 bits per heavy atom. The molecule has 1 aromatic carbocycles. The van der Waals surface area contributed by atoms with E-state index in [1.54, 1.807) is 0 Å². The Morgan fingerprint density at radius 1 is 1.24 bits per heavy atom. The van der Waals surface area contributed by atoms with Gasteiger partial charge in [0.1, 0.15) is 5.69 Å². The van der Waals surface area contributed by atoms with E-state index in [0.717, 1.165) is 16.5 Å². The van der Waals surface area contributed by atoms with Crippen LogP contribution in [0.5, 0.6) is 0 Å². The van der Waals surface area contributed by atoms with Gasteiger partial charge in [0.2, 0.25) is 0 Å². The van der Waals surface area contributed by atoms with Gasteiger partial charge in [-0.25, -0.2) is 0 Å². The first-order valence-electron chi connectivity index (χ1n) is 5.19. The van der Waals surface area contributed by atoms with E-state index in [-0.39, 0.29) is 0 Å². The van der Waals surface area contributed by atoms with Crippen molar-refractivity contribution in [1.29, 1.82) is 0 Å². The van der Waals surface area contributed by atoms with Crippen molar-refractivity contribution in [2.45, 2.75) is 6.42 Å². The molecule has 8 nitrogen and oxygen atoms in total. The van der Waals surface area contributed by atoms with Gasteiger partial charge in [0.05, 0.1) is 5.69 Å². The Labute approximate surface area is 96.7 Å².